The summed E-state index contributed by atoms with van der Waals surface area (Å²) < 4.78 is 4.86. The van der Waals surface area contributed by atoms with E-state index in [0.717, 1.165) is 10.6 Å². The molecule has 0 radical (unpaired) electrons. The molecule has 17 heavy (non-hydrogen) atoms. The van der Waals surface area contributed by atoms with Gasteiger partial charge in [0.05, 0.1) is 0 Å². The quantitative estimate of drug-likeness (QED) is 0.799. The molecule has 86 valence electrons. The van der Waals surface area contributed by atoms with Crippen molar-refractivity contribution in [2.75, 3.05) is 0 Å². The van der Waals surface area contributed by atoms with Crippen LogP contribution in [0.5, 0.6) is 0 Å². The summed E-state index contributed by atoms with van der Waals surface area (Å²) in [6.07, 6.45) is -0.756. The highest BCUT2D eigenvalue weighted by molar-refractivity contribution is 7.14. The summed E-state index contributed by atoms with van der Waals surface area (Å²) in [4.78, 5) is 15.8. The van der Waals surface area contributed by atoms with Gasteiger partial charge in [-0.3, -0.25) is 0 Å². The molecular weight excluding hydrogens is 256 g/mol. The van der Waals surface area contributed by atoms with Gasteiger partial charge >= 0.3 is 5.97 Å². The van der Waals surface area contributed by atoms with Crippen LogP contribution in [0.4, 0.5) is 0 Å². The normalized spacial score (nSPS) is 11.8. The first-order valence-electron chi connectivity index (χ1n) is 4.79. The van der Waals surface area contributed by atoms with E-state index in [0.29, 0.717) is 0 Å². The summed E-state index contributed by atoms with van der Waals surface area (Å²) in [6.45, 7) is 1.52. The van der Waals surface area contributed by atoms with Crippen molar-refractivity contribution in [2.24, 2.45) is 0 Å². The third-order valence-electron chi connectivity index (χ3n) is 1.95. The zero-order chi connectivity index (χ0) is 12.3. The van der Waals surface area contributed by atoms with E-state index in [9.17, 15) is 4.79 Å². The minimum Gasteiger partial charge on any atom is -0.443 e. The van der Waals surface area contributed by atoms with Crippen LogP contribution in [0.1, 0.15) is 17.4 Å². The molecule has 0 aliphatic rings. The lowest BCUT2D eigenvalue weighted by Crippen LogP contribution is -2.13. The first-order valence-corrected chi connectivity index (χ1v) is 6.61. The molecule has 0 saturated carbocycles. The zero-order valence-corrected chi connectivity index (χ0v) is 10.5. The van der Waals surface area contributed by atoms with Crippen molar-refractivity contribution in [1.82, 2.24) is 4.98 Å². The molecule has 2 heterocycles. The van der Waals surface area contributed by atoms with Crippen molar-refractivity contribution in [3.63, 3.8) is 0 Å². The molecule has 0 aliphatic carbocycles. The van der Waals surface area contributed by atoms with Crippen LogP contribution in [-0.4, -0.2) is 17.1 Å². The highest BCUT2D eigenvalue weighted by Gasteiger charge is 2.15. The number of hydrogen-bond acceptors (Lipinski definition) is 6. The Morgan fingerprint density at radius 1 is 1.59 bits per heavy atom. The van der Waals surface area contributed by atoms with Crippen LogP contribution in [0.2, 0.25) is 0 Å². The second kappa shape index (κ2) is 5.08. The van der Waals surface area contributed by atoms with E-state index >= 15 is 0 Å². The molecule has 0 aromatic carbocycles. The zero-order valence-electron chi connectivity index (χ0n) is 8.91. The number of carbonyl (C=O) groups is 1. The lowest BCUT2D eigenvalue weighted by atomic mass is 10.3. The average molecular weight is 264 g/mol. The molecule has 0 fully saturated rings. The summed E-state index contributed by atoms with van der Waals surface area (Å²) in [5.74, 6) is -0.559. The molecule has 0 N–H and O–H groups in total. The highest BCUT2D eigenvalue weighted by Crippen LogP contribution is 2.25. The van der Waals surface area contributed by atoms with Gasteiger partial charge in [0.15, 0.2) is 11.8 Å². The summed E-state index contributed by atoms with van der Waals surface area (Å²) in [7, 11) is 0. The van der Waals surface area contributed by atoms with Gasteiger partial charge in [-0.25, -0.2) is 9.78 Å². The van der Waals surface area contributed by atoms with Gasteiger partial charge in [0.1, 0.15) is 11.1 Å². The number of thiazole rings is 1. The Labute approximate surface area is 106 Å². The predicted molar refractivity (Wildman–Crippen MR) is 65.9 cm³/mol. The average Bonchev–Trinajstić information content (AvgIpc) is 2.98. The fourth-order valence-corrected chi connectivity index (χ4v) is 2.63. The lowest BCUT2D eigenvalue weighted by Gasteiger charge is -2.02. The Balaban J connectivity index is 2.14. The highest BCUT2D eigenvalue weighted by atomic mass is 32.1. The number of aromatic nitrogens is 1. The van der Waals surface area contributed by atoms with Crippen LogP contribution in [-0.2, 0) is 4.74 Å². The van der Waals surface area contributed by atoms with Crippen molar-refractivity contribution in [3.05, 3.63) is 27.9 Å². The predicted octanol–water partition coefficient (Wildman–Crippen LogP) is 2.94. The summed E-state index contributed by atoms with van der Waals surface area (Å²) in [5.41, 5.74) is 1.24. The van der Waals surface area contributed by atoms with E-state index in [1.54, 1.807) is 16.7 Å². The van der Waals surface area contributed by atoms with Crippen molar-refractivity contribution in [2.45, 2.75) is 13.0 Å². The van der Waals surface area contributed by atoms with E-state index in [4.69, 9.17) is 10.00 Å². The molecule has 0 spiro atoms. The maximum absolute atomic E-state index is 11.6. The molecule has 2 aromatic heterocycles. The van der Waals surface area contributed by atoms with Gasteiger partial charge in [-0.1, -0.05) is 0 Å². The fourth-order valence-electron chi connectivity index (χ4n) is 1.13. The number of ether oxygens (including phenoxy) is 1. The third-order valence-corrected chi connectivity index (χ3v) is 3.52. The Morgan fingerprint density at radius 3 is 3.06 bits per heavy atom. The van der Waals surface area contributed by atoms with E-state index in [1.807, 2.05) is 22.9 Å². The molecular formula is C11H8N2O2S2. The smallest absolute Gasteiger partial charge is 0.359 e. The Morgan fingerprint density at radius 2 is 2.41 bits per heavy atom. The number of thiophene rings is 1. The van der Waals surface area contributed by atoms with Crippen LogP contribution >= 0.6 is 22.7 Å². The van der Waals surface area contributed by atoms with Gasteiger partial charge in [-0.05, 0) is 18.4 Å². The monoisotopic (exact) mass is 264 g/mol. The van der Waals surface area contributed by atoms with Crippen LogP contribution in [0.25, 0.3) is 10.6 Å². The summed E-state index contributed by atoms with van der Waals surface area (Å²) in [5, 5.41) is 14.9. The fraction of sp³-hybridized carbons (Fsp3) is 0.182. The molecule has 0 saturated heterocycles. The minimum absolute atomic E-state index is 0.248. The number of rotatable bonds is 3. The van der Waals surface area contributed by atoms with Gasteiger partial charge in [0, 0.05) is 16.3 Å². The van der Waals surface area contributed by atoms with Crippen molar-refractivity contribution >= 4 is 28.6 Å². The second-order valence-electron chi connectivity index (χ2n) is 3.23. The van der Waals surface area contributed by atoms with Crippen molar-refractivity contribution in [3.8, 4) is 16.6 Å². The van der Waals surface area contributed by atoms with Gasteiger partial charge < -0.3 is 4.74 Å². The van der Waals surface area contributed by atoms with E-state index in [1.165, 1.54) is 18.3 Å². The molecule has 0 bridgehead atoms. The van der Waals surface area contributed by atoms with E-state index in [-0.39, 0.29) is 5.69 Å². The molecule has 0 unspecified atom stereocenters. The topological polar surface area (TPSA) is 63.0 Å². The van der Waals surface area contributed by atoms with Crippen LogP contribution in [0, 0.1) is 11.3 Å². The maximum Gasteiger partial charge on any atom is 0.359 e. The van der Waals surface area contributed by atoms with Crippen molar-refractivity contribution in [1.29, 1.82) is 5.26 Å². The molecule has 1 atom stereocenters. The molecule has 4 nitrogen and oxygen atoms in total. The first kappa shape index (κ1) is 11.8. The van der Waals surface area contributed by atoms with Gasteiger partial charge in [0.2, 0.25) is 0 Å². The van der Waals surface area contributed by atoms with Crippen LogP contribution in [0.3, 0.4) is 0 Å². The second-order valence-corrected chi connectivity index (χ2v) is 4.86. The molecule has 2 aromatic rings. The maximum atomic E-state index is 11.6. The number of carbonyl (C=O) groups excluding carboxylic acids is 1. The number of nitriles is 1. The summed E-state index contributed by atoms with van der Waals surface area (Å²) >= 11 is 2.96. The van der Waals surface area contributed by atoms with Crippen molar-refractivity contribution < 1.29 is 9.53 Å². The van der Waals surface area contributed by atoms with E-state index < -0.39 is 12.1 Å². The standard InChI is InChI=1S/C11H8N2O2S2/c1-7(4-12)15-11(14)9-6-17-10(13-9)8-2-3-16-5-8/h2-3,5-7H,1H3/t7-/m0/s1. The van der Waals surface area contributed by atoms with Gasteiger partial charge in [-0.15, -0.1) is 11.3 Å². The van der Waals surface area contributed by atoms with E-state index in [2.05, 4.69) is 4.98 Å². The molecule has 6 heteroatoms. The van der Waals surface area contributed by atoms with Gasteiger partial charge in [-0.2, -0.15) is 16.6 Å². The Bertz CT molecular complexity index is 554. The Hall–Kier alpha value is -1.71. The summed E-state index contributed by atoms with van der Waals surface area (Å²) in [6, 6.07) is 3.78. The molecule has 0 aliphatic heterocycles. The number of hydrogen-bond donors (Lipinski definition) is 0. The minimum atomic E-state index is -0.756. The largest absolute Gasteiger partial charge is 0.443 e. The lowest BCUT2D eigenvalue weighted by molar-refractivity contribution is 0.0429. The van der Waals surface area contributed by atoms with Gasteiger partial charge in [0.25, 0.3) is 0 Å². The Kier molecular flexibility index (Phi) is 3.52. The molecule has 2 rings (SSSR count). The third kappa shape index (κ3) is 2.70. The first-order chi connectivity index (χ1) is 8.20. The number of esters is 1. The van der Waals surface area contributed by atoms with Crippen LogP contribution < -0.4 is 0 Å². The molecule has 0 amide bonds. The SMILES string of the molecule is C[C@@H](C#N)OC(=O)c1csc(-c2ccsc2)n1. The van der Waals surface area contributed by atoms with Crippen LogP contribution in [0.15, 0.2) is 22.2 Å². The number of nitrogens with zero attached hydrogens (tertiary/aromatic N) is 2.